The second kappa shape index (κ2) is 8.04. The van der Waals surface area contributed by atoms with Crippen LogP contribution >= 0.6 is 12.4 Å². The number of hydrogen-bond donors (Lipinski definition) is 0. The van der Waals surface area contributed by atoms with Crippen molar-refractivity contribution in [1.29, 1.82) is 0 Å². The summed E-state index contributed by atoms with van der Waals surface area (Å²) < 4.78 is 2.20. The molecule has 0 bridgehead atoms. The smallest absolute Gasteiger partial charge is 0.169 e. The predicted molar refractivity (Wildman–Crippen MR) is 66.6 cm³/mol. The Bertz CT molecular complexity index is 415. The van der Waals surface area contributed by atoms with Gasteiger partial charge < -0.3 is 12.4 Å². The Morgan fingerprint density at radius 3 is 2.24 bits per heavy atom. The van der Waals surface area contributed by atoms with Crippen LogP contribution < -0.4 is 17.0 Å². The summed E-state index contributed by atoms with van der Waals surface area (Å²) in [4.78, 5) is 4.01. The molecule has 0 aliphatic rings. The van der Waals surface area contributed by atoms with E-state index in [9.17, 15) is 0 Å². The van der Waals surface area contributed by atoms with Crippen LogP contribution in [0.3, 0.4) is 0 Å². The lowest BCUT2D eigenvalue weighted by Crippen LogP contribution is -3.00. The Morgan fingerprint density at radius 2 is 1.65 bits per heavy atom. The molecule has 0 aliphatic carbocycles. The first-order chi connectivity index (χ1) is 7.34. The number of hydrogen-bond acceptors (Lipinski definition) is 1. The van der Waals surface area contributed by atoms with Crippen LogP contribution in [0.15, 0.2) is 49.1 Å². The van der Waals surface area contributed by atoms with Gasteiger partial charge in [0.2, 0.25) is 0 Å². The third-order valence-electron chi connectivity index (χ3n) is 2.47. The van der Waals surface area contributed by atoms with Crippen molar-refractivity contribution in [3.05, 3.63) is 60.2 Å². The minimum Gasteiger partial charge on any atom is -1.00 e. The van der Waals surface area contributed by atoms with E-state index in [1.165, 1.54) is 11.1 Å². The van der Waals surface area contributed by atoms with Crippen molar-refractivity contribution in [2.75, 3.05) is 0 Å². The van der Waals surface area contributed by atoms with Gasteiger partial charge in [-0.05, 0) is 30.2 Å². The summed E-state index contributed by atoms with van der Waals surface area (Å²) in [5.41, 5.74) is 2.63. The molecule has 4 heteroatoms. The molecule has 0 N–H and O–H groups in total. The van der Waals surface area contributed by atoms with E-state index in [4.69, 9.17) is 0 Å². The lowest BCUT2D eigenvalue weighted by atomic mass is 10.2. The molecule has 0 radical (unpaired) electrons. The van der Waals surface area contributed by atoms with E-state index >= 15 is 0 Å². The molecule has 2 nitrogen and oxygen atoms in total. The molecular formula is C13H16Cl2N2. The van der Waals surface area contributed by atoms with Gasteiger partial charge in [0.15, 0.2) is 18.9 Å². The molecule has 0 spiro atoms. The summed E-state index contributed by atoms with van der Waals surface area (Å²) in [5, 5.41) is 0. The Morgan fingerprint density at radius 1 is 1.06 bits per heavy atom. The quantitative estimate of drug-likeness (QED) is 0.678. The molecule has 0 aromatic carbocycles. The van der Waals surface area contributed by atoms with Crippen molar-refractivity contribution in [2.24, 2.45) is 0 Å². The Labute approximate surface area is 115 Å². The maximum absolute atomic E-state index is 4.01. The fourth-order valence-electron chi connectivity index (χ4n) is 1.49. The van der Waals surface area contributed by atoms with Crippen LogP contribution in [0.1, 0.15) is 11.1 Å². The first kappa shape index (κ1) is 15.9. The summed E-state index contributed by atoms with van der Waals surface area (Å²) in [5.74, 6) is 0. The second-order valence-electron chi connectivity index (χ2n) is 3.72. The summed E-state index contributed by atoms with van der Waals surface area (Å²) >= 11 is 0. The number of aryl methyl sites for hydroxylation is 3. The van der Waals surface area contributed by atoms with E-state index in [2.05, 4.69) is 53.1 Å². The molecule has 2 aromatic rings. The average molecular weight is 271 g/mol. The highest BCUT2D eigenvalue weighted by molar-refractivity contribution is 5.85. The lowest BCUT2D eigenvalue weighted by Gasteiger charge is -1.98. The predicted octanol–water partition coefficient (Wildman–Crippen LogP) is -0.654. The molecule has 92 valence electrons. The largest absolute Gasteiger partial charge is 1.00 e. The standard InChI is InChI=1S/C13H15N2.2ClH/c1-12-4-9-15(10-5-12)11-6-13-2-7-14-8-3-13;;/h2-5,7-10H,6,11H2,1H3;2*1H/q+1;;/p-1. The molecule has 2 heterocycles. The molecule has 0 aliphatic heterocycles. The van der Waals surface area contributed by atoms with E-state index in [0.717, 1.165) is 13.0 Å². The summed E-state index contributed by atoms with van der Waals surface area (Å²) in [6, 6.07) is 8.39. The highest BCUT2D eigenvalue weighted by Crippen LogP contribution is 1.97. The summed E-state index contributed by atoms with van der Waals surface area (Å²) in [7, 11) is 0. The zero-order chi connectivity index (χ0) is 10.5. The molecule has 0 amide bonds. The Balaban J connectivity index is 0.00000128. The minimum atomic E-state index is 0. The maximum Gasteiger partial charge on any atom is 0.169 e. The first-order valence-electron chi connectivity index (χ1n) is 5.19. The van der Waals surface area contributed by atoms with Gasteiger partial charge in [0.1, 0.15) is 0 Å². The molecule has 2 aromatic heterocycles. The van der Waals surface area contributed by atoms with Gasteiger partial charge in [-0.3, -0.25) is 4.98 Å². The monoisotopic (exact) mass is 270 g/mol. The van der Waals surface area contributed by atoms with Crippen molar-refractivity contribution in [3.8, 4) is 0 Å². The molecule has 17 heavy (non-hydrogen) atoms. The zero-order valence-electron chi connectivity index (χ0n) is 9.71. The van der Waals surface area contributed by atoms with Crippen molar-refractivity contribution in [1.82, 2.24) is 4.98 Å². The van der Waals surface area contributed by atoms with Crippen LogP contribution in [0.2, 0.25) is 0 Å². The average Bonchev–Trinajstić information content (AvgIpc) is 2.30. The highest BCUT2D eigenvalue weighted by Gasteiger charge is 1.99. The molecule has 0 fully saturated rings. The zero-order valence-corrected chi connectivity index (χ0v) is 11.3. The van der Waals surface area contributed by atoms with Gasteiger partial charge in [-0.2, -0.15) is 0 Å². The van der Waals surface area contributed by atoms with Gasteiger partial charge in [-0.15, -0.1) is 12.4 Å². The topological polar surface area (TPSA) is 16.8 Å². The lowest BCUT2D eigenvalue weighted by molar-refractivity contribution is -0.696. The van der Waals surface area contributed by atoms with E-state index in [1.807, 2.05) is 12.4 Å². The van der Waals surface area contributed by atoms with Crippen LogP contribution in [0, 0.1) is 6.92 Å². The summed E-state index contributed by atoms with van der Waals surface area (Å²) in [6.07, 6.45) is 8.98. The fourth-order valence-corrected chi connectivity index (χ4v) is 1.49. The van der Waals surface area contributed by atoms with Gasteiger partial charge in [0.05, 0.1) is 0 Å². The fraction of sp³-hybridized carbons (Fsp3) is 0.231. The molecular weight excluding hydrogens is 255 g/mol. The molecule has 0 atom stereocenters. The number of aromatic nitrogens is 2. The first-order valence-corrected chi connectivity index (χ1v) is 5.19. The SMILES string of the molecule is Cc1cc[n+](CCc2ccncc2)cc1.Cl.[Cl-]. The molecule has 0 saturated heterocycles. The number of halogens is 2. The number of pyridine rings is 2. The van der Waals surface area contributed by atoms with Gasteiger partial charge in [-0.1, -0.05) is 0 Å². The third-order valence-corrected chi connectivity index (χ3v) is 2.47. The highest BCUT2D eigenvalue weighted by atomic mass is 35.5. The van der Waals surface area contributed by atoms with E-state index < -0.39 is 0 Å². The van der Waals surface area contributed by atoms with E-state index in [0.29, 0.717) is 0 Å². The van der Waals surface area contributed by atoms with Crippen LogP contribution in [0.5, 0.6) is 0 Å². The van der Waals surface area contributed by atoms with E-state index in [1.54, 1.807) is 0 Å². The Kier molecular flexibility index (Phi) is 7.51. The maximum atomic E-state index is 4.01. The van der Waals surface area contributed by atoms with Crippen LogP contribution in [0.4, 0.5) is 0 Å². The van der Waals surface area contributed by atoms with Gasteiger partial charge >= 0.3 is 0 Å². The van der Waals surface area contributed by atoms with Crippen molar-refractivity contribution < 1.29 is 17.0 Å². The normalized spacial score (nSPS) is 9.00. The molecule has 0 saturated carbocycles. The Hall–Kier alpha value is -1.12. The van der Waals surface area contributed by atoms with Crippen LogP contribution in [-0.2, 0) is 13.0 Å². The summed E-state index contributed by atoms with van der Waals surface area (Å²) in [6.45, 7) is 3.12. The van der Waals surface area contributed by atoms with Crippen molar-refractivity contribution in [3.63, 3.8) is 0 Å². The molecule has 2 rings (SSSR count). The van der Waals surface area contributed by atoms with Crippen LogP contribution in [0.25, 0.3) is 0 Å². The van der Waals surface area contributed by atoms with Crippen molar-refractivity contribution in [2.45, 2.75) is 19.9 Å². The molecule has 0 unspecified atom stereocenters. The van der Waals surface area contributed by atoms with E-state index in [-0.39, 0.29) is 24.8 Å². The van der Waals surface area contributed by atoms with Crippen molar-refractivity contribution >= 4 is 12.4 Å². The number of nitrogens with zero attached hydrogens (tertiary/aromatic N) is 2. The number of rotatable bonds is 3. The van der Waals surface area contributed by atoms with Gasteiger partial charge in [0, 0.05) is 30.9 Å². The van der Waals surface area contributed by atoms with Gasteiger partial charge in [-0.25, -0.2) is 4.57 Å². The third kappa shape index (κ3) is 5.16. The van der Waals surface area contributed by atoms with Gasteiger partial charge in [0.25, 0.3) is 0 Å². The minimum absolute atomic E-state index is 0. The second-order valence-corrected chi connectivity index (χ2v) is 3.72. The van der Waals surface area contributed by atoms with Crippen LogP contribution in [-0.4, -0.2) is 4.98 Å².